The molecular formula is C28H29N3O2S. The normalized spacial score (nSPS) is 14.4. The molecule has 1 aromatic heterocycles. The van der Waals surface area contributed by atoms with Gasteiger partial charge >= 0.3 is 0 Å². The van der Waals surface area contributed by atoms with Crippen LogP contribution in [0.4, 0.5) is 0 Å². The van der Waals surface area contributed by atoms with Crippen LogP contribution in [-0.4, -0.2) is 26.3 Å². The minimum atomic E-state index is 0.209. The zero-order valence-corrected chi connectivity index (χ0v) is 20.0. The maximum Gasteiger partial charge on any atom is 0.192 e. The fourth-order valence-electron chi connectivity index (χ4n) is 4.60. The van der Waals surface area contributed by atoms with Gasteiger partial charge in [-0.3, -0.25) is 9.36 Å². The number of rotatable bonds is 9. The number of nitrogens with zero attached hydrogens (tertiary/aromatic N) is 3. The van der Waals surface area contributed by atoms with E-state index in [2.05, 4.69) is 45.1 Å². The van der Waals surface area contributed by atoms with Crippen LogP contribution < -0.4 is 4.74 Å². The highest BCUT2D eigenvalue weighted by molar-refractivity contribution is 7.99. The molecule has 0 aliphatic heterocycles. The van der Waals surface area contributed by atoms with E-state index in [9.17, 15) is 4.79 Å². The molecule has 0 amide bonds. The summed E-state index contributed by atoms with van der Waals surface area (Å²) >= 11 is 1.50. The molecule has 0 spiro atoms. The van der Waals surface area contributed by atoms with E-state index in [1.807, 2.05) is 42.5 Å². The van der Waals surface area contributed by atoms with E-state index in [0.29, 0.717) is 24.7 Å². The predicted octanol–water partition coefficient (Wildman–Crippen LogP) is 6.30. The molecule has 0 saturated heterocycles. The van der Waals surface area contributed by atoms with Crippen LogP contribution in [0.15, 0.2) is 78.0 Å². The van der Waals surface area contributed by atoms with Crippen molar-refractivity contribution in [1.29, 1.82) is 0 Å². The molecule has 34 heavy (non-hydrogen) atoms. The predicted molar refractivity (Wildman–Crippen MR) is 136 cm³/mol. The van der Waals surface area contributed by atoms with E-state index in [1.165, 1.54) is 31.0 Å². The van der Waals surface area contributed by atoms with E-state index in [4.69, 9.17) is 4.74 Å². The van der Waals surface area contributed by atoms with Crippen LogP contribution >= 0.6 is 11.8 Å². The van der Waals surface area contributed by atoms with Gasteiger partial charge in [0.25, 0.3) is 0 Å². The number of fused-ring (bicyclic) bond motifs is 1. The minimum absolute atomic E-state index is 0.209. The van der Waals surface area contributed by atoms with Crippen molar-refractivity contribution in [3.63, 3.8) is 0 Å². The zero-order chi connectivity index (χ0) is 23.2. The molecule has 174 valence electrons. The van der Waals surface area contributed by atoms with Gasteiger partial charge < -0.3 is 4.74 Å². The van der Waals surface area contributed by atoms with Crippen molar-refractivity contribution in [1.82, 2.24) is 14.8 Å². The molecule has 3 aromatic carbocycles. The topological polar surface area (TPSA) is 57.0 Å². The largest absolute Gasteiger partial charge is 0.485 e. The maximum absolute atomic E-state index is 12.8. The molecular weight excluding hydrogens is 442 g/mol. The first-order valence-corrected chi connectivity index (χ1v) is 13.0. The van der Waals surface area contributed by atoms with Crippen LogP contribution in [0.3, 0.4) is 0 Å². The smallest absolute Gasteiger partial charge is 0.192 e. The van der Waals surface area contributed by atoms with Crippen molar-refractivity contribution < 1.29 is 9.53 Å². The minimum Gasteiger partial charge on any atom is -0.485 e. The van der Waals surface area contributed by atoms with Crippen LogP contribution in [0.25, 0.3) is 10.8 Å². The number of ether oxygens (including phenoxy) is 1. The second-order valence-corrected chi connectivity index (χ2v) is 9.77. The van der Waals surface area contributed by atoms with Gasteiger partial charge in [-0.25, -0.2) is 0 Å². The third kappa shape index (κ3) is 5.33. The summed E-state index contributed by atoms with van der Waals surface area (Å²) in [7, 11) is 0. The summed E-state index contributed by atoms with van der Waals surface area (Å²) in [6.07, 6.45) is 5.64. The lowest BCUT2D eigenvalue weighted by atomic mass is 9.87. The van der Waals surface area contributed by atoms with Crippen molar-refractivity contribution in [2.24, 2.45) is 5.92 Å². The summed E-state index contributed by atoms with van der Waals surface area (Å²) in [4.78, 5) is 12.8. The highest BCUT2D eigenvalue weighted by Gasteiger charge is 2.22. The quantitative estimate of drug-likeness (QED) is 0.268. The van der Waals surface area contributed by atoms with Crippen molar-refractivity contribution in [3.05, 3.63) is 84.2 Å². The van der Waals surface area contributed by atoms with Gasteiger partial charge in [-0.1, -0.05) is 97.8 Å². The Kier molecular flexibility index (Phi) is 7.25. The van der Waals surface area contributed by atoms with Crippen LogP contribution in [0, 0.1) is 5.92 Å². The van der Waals surface area contributed by atoms with E-state index >= 15 is 0 Å². The Bertz CT molecular complexity index is 1240. The first-order valence-electron chi connectivity index (χ1n) is 12.0. The monoisotopic (exact) mass is 471 g/mol. The lowest BCUT2D eigenvalue weighted by molar-refractivity contribution is -0.121. The third-order valence-corrected chi connectivity index (χ3v) is 7.48. The number of benzene rings is 3. The van der Waals surface area contributed by atoms with Gasteiger partial charge in [0, 0.05) is 11.3 Å². The average molecular weight is 472 g/mol. The fraction of sp³-hybridized carbons (Fsp3) is 0.321. The van der Waals surface area contributed by atoms with Gasteiger partial charge in [-0.05, 0) is 29.9 Å². The lowest BCUT2D eigenvalue weighted by Crippen LogP contribution is -2.19. The number of hydrogen-bond acceptors (Lipinski definition) is 5. The van der Waals surface area contributed by atoms with Crippen LogP contribution in [-0.2, 0) is 17.9 Å². The Morgan fingerprint density at radius 3 is 2.53 bits per heavy atom. The summed E-state index contributed by atoms with van der Waals surface area (Å²) in [5.74, 6) is 2.58. The number of Topliss-reactive ketones (excluding diaryl/α,β-unsaturated/α-hetero) is 1. The molecule has 1 aliphatic carbocycles. The zero-order valence-electron chi connectivity index (χ0n) is 19.2. The van der Waals surface area contributed by atoms with Crippen molar-refractivity contribution in [3.8, 4) is 5.75 Å². The number of ketones is 1. The molecule has 0 atom stereocenters. The Balaban J connectivity index is 1.34. The third-order valence-electron chi connectivity index (χ3n) is 6.49. The van der Waals surface area contributed by atoms with Crippen molar-refractivity contribution in [2.45, 2.75) is 50.4 Å². The number of hydrogen-bond donors (Lipinski definition) is 0. The molecule has 1 fully saturated rings. The van der Waals surface area contributed by atoms with E-state index in [0.717, 1.165) is 45.9 Å². The van der Waals surface area contributed by atoms with Crippen LogP contribution in [0.1, 0.15) is 43.5 Å². The number of aromatic nitrogens is 3. The number of thioether (sulfide) groups is 1. The Morgan fingerprint density at radius 2 is 1.68 bits per heavy atom. The highest BCUT2D eigenvalue weighted by atomic mass is 32.2. The molecule has 0 radical (unpaired) electrons. The Morgan fingerprint density at radius 1 is 0.912 bits per heavy atom. The molecule has 0 bridgehead atoms. The van der Waals surface area contributed by atoms with E-state index < -0.39 is 0 Å². The van der Waals surface area contributed by atoms with Crippen molar-refractivity contribution >= 4 is 28.3 Å². The molecule has 6 heteroatoms. The fourth-order valence-corrected chi connectivity index (χ4v) is 5.53. The van der Waals surface area contributed by atoms with E-state index in [1.54, 1.807) is 0 Å². The van der Waals surface area contributed by atoms with Gasteiger partial charge in [0.15, 0.2) is 11.0 Å². The van der Waals surface area contributed by atoms with Crippen LogP contribution in [0.5, 0.6) is 5.75 Å². The van der Waals surface area contributed by atoms with Gasteiger partial charge in [-0.15, -0.1) is 10.2 Å². The van der Waals surface area contributed by atoms with Gasteiger partial charge in [-0.2, -0.15) is 0 Å². The average Bonchev–Trinajstić information content (AvgIpc) is 3.28. The highest BCUT2D eigenvalue weighted by Crippen LogP contribution is 2.29. The molecule has 0 unspecified atom stereocenters. The second-order valence-electron chi connectivity index (χ2n) is 8.83. The molecule has 1 saturated carbocycles. The molecule has 5 nitrogen and oxygen atoms in total. The Hall–Kier alpha value is -3.12. The van der Waals surface area contributed by atoms with Crippen LogP contribution in [0.2, 0.25) is 0 Å². The maximum atomic E-state index is 12.8. The standard InChI is InChI=1S/C28H29N3O2S/c32-25(23-13-5-2-6-14-23)20-34-28-30-29-27(31(28)18-21-10-3-1-4-11-21)19-33-26-17-9-15-22-12-7-8-16-24(22)26/h1,3-4,7-12,15-17,23H,2,5-6,13-14,18-20H2. The lowest BCUT2D eigenvalue weighted by Gasteiger charge is -2.20. The molecule has 0 N–H and O–H groups in total. The summed E-state index contributed by atoms with van der Waals surface area (Å²) in [6.45, 7) is 0.951. The van der Waals surface area contributed by atoms with Gasteiger partial charge in [0.2, 0.25) is 0 Å². The summed E-state index contributed by atoms with van der Waals surface area (Å²) < 4.78 is 8.30. The van der Waals surface area contributed by atoms with Gasteiger partial charge in [0.1, 0.15) is 18.1 Å². The van der Waals surface area contributed by atoms with Gasteiger partial charge in [0.05, 0.1) is 12.3 Å². The summed E-state index contributed by atoms with van der Waals surface area (Å²) in [5, 5.41) is 11.9. The first kappa shape index (κ1) is 22.7. The molecule has 1 heterocycles. The molecule has 4 aromatic rings. The summed E-state index contributed by atoms with van der Waals surface area (Å²) in [5.41, 5.74) is 1.16. The Labute approximate surface area is 204 Å². The SMILES string of the molecule is O=C(CSc1nnc(COc2cccc3ccccc23)n1Cc1ccccc1)C1CCCCC1. The molecule has 1 aliphatic rings. The summed E-state index contributed by atoms with van der Waals surface area (Å²) in [6, 6.07) is 24.5. The second kappa shape index (κ2) is 10.9. The first-order chi connectivity index (χ1) is 16.8. The van der Waals surface area contributed by atoms with E-state index in [-0.39, 0.29) is 5.92 Å². The number of carbonyl (C=O) groups is 1. The van der Waals surface area contributed by atoms with Crippen molar-refractivity contribution in [2.75, 3.05) is 5.75 Å². The molecule has 5 rings (SSSR count). The number of carbonyl (C=O) groups excluding carboxylic acids is 1.